The zero-order chi connectivity index (χ0) is 15.4. The summed E-state index contributed by atoms with van der Waals surface area (Å²) in [5.41, 5.74) is 3.10. The van der Waals surface area contributed by atoms with Gasteiger partial charge in [-0.25, -0.2) is 4.98 Å². The molecule has 0 aliphatic carbocycles. The number of halogens is 1. The Labute approximate surface area is 132 Å². The van der Waals surface area contributed by atoms with Gasteiger partial charge in [-0.2, -0.15) is 0 Å². The first kappa shape index (κ1) is 15.7. The van der Waals surface area contributed by atoms with Crippen LogP contribution in [0.15, 0.2) is 41.0 Å². The van der Waals surface area contributed by atoms with Crippen molar-refractivity contribution >= 4 is 21.8 Å². The average molecular weight is 349 g/mol. The standard InChI is InChI=1S/C16H17BrN2O2/c1-10-5-3-4-6-12(10)14(20)9-18-16(21)13-8-7-11(2)19-15(13)17/h3-8,14,20H,9H2,1-2H3,(H,18,21). The fraction of sp³-hybridized carbons (Fsp3) is 0.250. The number of carbonyl (C=O) groups excluding carboxylic acids is 1. The molecular weight excluding hydrogens is 332 g/mol. The zero-order valence-corrected chi connectivity index (χ0v) is 13.5. The highest BCUT2D eigenvalue weighted by atomic mass is 79.9. The Morgan fingerprint density at radius 1 is 1.29 bits per heavy atom. The van der Waals surface area contributed by atoms with Crippen LogP contribution in [0.1, 0.15) is 33.3 Å². The lowest BCUT2D eigenvalue weighted by molar-refractivity contribution is 0.0914. The highest BCUT2D eigenvalue weighted by molar-refractivity contribution is 9.10. The van der Waals surface area contributed by atoms with Gasteiger partial charge in [-0.1, -0.05) is 24.3 Å². The van der Waals surface area contributed by atoms with E-state index in [-0.39, 0.29) is 12.5 Å². The van der Waals surface area contributed by atoms with Gasteiger partial charge in [-0.15, -0.1) is 0 Å². The Hall–Kier alpha value is -1.72. The summed E-state index contributed by atoms with van der Waals surface area (Å²) in [6.45, 7) is 3.94. The molecule has 21 heavy (non-hydrogen) atoms. The second kappa shape index (κ2) is 6.83. The van der Waals surface area contributed by atoms with E-state index in [9.17, 15) is 9.90 Å². The molecule has 0 radical (unpaired) electrons. The lowest BCUT2D eigenvalue weighted by Gasteiger charge is -2.14. The molecule has 2 aromatic rings. The molecule has 2 N–H and O–H groups in total. The summed E-state index contributed by atoms with van der Waals surface area (Å²) in [4.78, 5) is 16.3. The van der Waals surface area contributed by atoms with Crippen molar-refractivity contribution in [2.24, 2.45) is 0 Å². The minimum Gasteiger partial charge on any atom is -0.387 e. The third-order valence-corrected chi connectivity index (χ3v) is 3.84. The van der Waals surface area contributed by atoms with E-state index in [0.717, 1.165) is 16.8 Å². The van der Waals surface area contributed by atoms with E-state index in [2.05, 4.69) is 26.2 Å². The third kappa shape index (κ3) is 3.89. The van der Waals surface area contributed by atoms with Crippen molar-refractivity contribution in [2.45, 2.75) is 20.0 Å². The van der Waals surface area contributed by atoms with E-state index >= 15 is 0 Å². The number of aliphatic hydroxyl groups is 1. The second-order valence-corrected chi connectivity index (χ2v) is 5.62. The highest BCUT2D eigenvalue weighted by Gasteiger charge is 2.14. The molecule has 5 heteroatoms. The van der Waals surface area contributed by atoms with Gasteiger partial charge < -0.3 is 10.4 Å². The van der Waals surface area contributed by atoms with Crippen molar-refractivity contribution in [1.29, 1.82) is 0 Å². The van der Waals surface area contributed by atoms with Crippen LogP contribution in [0.25, 0.3) is 0 Å². The van der Waals surface area contributed by atoms with E-state index in [1.165, 1.54) is 0 Å². The molecule has 0 bridgehead atoms. The van der Waals surface area contributed by atoms with Crippen LogP contribution in [0.2, 0.25) is 0 Å². The van der Waals surface area contributed by atoms with Crippen LogP contribution < -0.4 is 5.32 Å². The first-order chi connectivity index (χ1) is 9.99. The molecule has 1 amide bonds. The Morgan fingerprint density at radius 2 is 2.00 bits per heavy atom. The summed E-state index contributed by atoms with van der Waals surface area (Å²) in [5.74, 6) is -0.262. The molecule has 4 nitrogen and oxygen atoms in total. The first-order valence-corrected chi connectivity index (χ1v) is 7.43. The minimum absolute atomic E-state index is 0.157. The molecule has 1 unspecified atom stereocenters. The van der Waals surface area contributed by atoms with Gasteiger partial charge in [-0.05, 0) is 53.0 Å². The maximum Gasteiger partial charge on any atom is 0.254 e. The van der Waals surface area contributed by atoms with Crippen LogP contribution in [0.3, 0.4) is 0 Å². The van der Waals surface area contributed by atoms with E-state index in [1.54, 1.807) is 12.1 Å². The first-order valence-electron chi connectivity index (χ1n) is 6.64. The van der Waals surface area contributed by atoms with Gasteiger partial charge in [0.1, 0.15) is 4.60 Å². The predicted molar refractivity (Wildman–Crippen MR) is 85.1 cm³/mol. The Balaban J connectivity index is 2.02. The number of aryl methyl sites for hydroxylation is 2. The van der Waals surface area contributed by atoms with Crippen LogP contribution in [0, 0.1) is 13.8 Å². The normalized spacial score (nSPS) is 12.0. The molecule has 0 aliphatic rings. The Bertz CT molecular complexity index is 658. The molecule has 0 spiro atoms. The number of nitrogens with one attached hydrogen (secondary N) is 1. The van der Waals surface area contributed by atoms with Crippen molar-refractivity contribution in [3.05, 3.63) is 63.4 Å². The summed E-state index contributed by atoms with van der Waals surface area (Å²) in [6, 6.07) is 11.1. The van der Waals surface area contributed by atoms with Crippen LogP contribution in [-0.4, -0.2) is 22.5 Å². The van der Waals surface area contributed by atoms with E-state index < -0.39 is 6.10 Å². The van der Waals surface area contributed by atoms with Crippen LogP contribution >= 0.6 is 15.9 Å². The topological polar surface area (TPSA) is 62.2 Å². The van der Waals surface area contributed by atoms with Gasteiger partial charge in [0.15, 0.2) is 0 Å². The Kier molecular flexibility index (Phi) is 5.09. The van der Waals surface area contributed by atoms with Crippen LogP contribution in [0.5, 0.6) is 0 Å². The number of hydrogen-bond donors (Lipinski definition) is 2. The number of pyridine rings is 1. The van der Waals surface area contributed by atoms with E-state index in [1.807, 2.05) is 38.1 Å². The zero-order valence-electron chi connectivity index (χ0n) is 11.9. The quantitative estimate of drug-likeness (QED) is 0.835. The highest BCUT2D eigenvalue weighted by Crippen LogP contribution is 2.17. The average Bonchev–Trinajstić information content (AvgIpc) is 2.45. The van der Waals surface area contributed by atoms with Crippen molar-refractivity contribution < 1.29 is 9.90 Å². The van der Waals surface area contributed by atoms with Gasteiger partial charge in [-0.3, -0.25) is 4.79 Å². The molecule has 0 aliphatic heterocycles. The summed E-state index contributed by atoms with van der Waals surface area (Å²) in [6.07, 6.45) is -0.729. The monoisotopic (exact) mass is 348 g/mol. The fourth-order valence-electron chi connectivity index (χ4n) is 2.05. The second-order valence-electron chi connectivity index (χ2n) is 4.87. The number of hydrogen-bond acceptors (Lipinski definition) is 3. The minimum atomic E-state index is -0.729. The maximum atomic E-state index is 12.1. The molecule has 0 fully saturated rings. The summed E-state index contributed by atoms with van der Waals surface area (Å²) in [5, 5.41) is 12.9. The van der Waals surface area contributed by atoms with Crippen molar-refractivity contribution in [3.8, 4) is 0 Å². The predicted octanol–water partition coefficient (Wildman–Crippen LogP) is 2.92. The fourth-order valence-corrected chi connectivity index (χ4v) is 2.64. The van der Waals surface area contributed by atoms with Crippen LogP contribution in [-0.2, 0) is 0 Å². The van der Waals surface area contributed by atoms with Gasteiger partial charge in [0, 0.05) is 12.2 Å². The molecule has 0 saturated carbocycles. The number of rotatable bonds is 4. The van der Waals surface area contributed by atoms with Crippen LogP contribution in [0.4, 0.5) is 0 Å². The van der Waals surface area contributed by atoms with Gasteiger partial charge in [0.2, 0.25) is 0 Å². The van der Waals surface area contributed by atoms with Gasteiger partial charge in [0.05, 0.1) is 11.7 Å². The van der Waals surface area contributed by atoms with E-state index in [0.29, 0.717) is 10.2 Å². The molecule has 110 valence electrons. The smallest absolute Gasteiger partial charge is 0.254 e. The van der Waals surface area contributed by atoms with Crippen molar-refractivity contribution in [2.75, 3.05) is 6.54 Å². The molecule has 0 saturated heterocycles. The molecule has 1 atom stereocenters. The van der Waals surface area contributed by atoms with Crippen molar-refractivity contribution in [1.82, 2.24) is 10.3 Å². The number of carbonyl (C=O) groups is 1. The lowest BCUT2D eigenvalue weighted by Crippen LogP contribution is -2.29. The largest absolute Gasteiger partial charge is 0.387 e. The number of nitrogens with zero attached hydrogens (tertiary/aromatic N) is 1. The molecule has 2 rings (SSSR count). The number of aliphatic hydroxyl groups excluding tert-OH is 1. The molecule has 1 heterocycles. The summed E-state index contributed by atoms with van der Waals surface area (Å²) in [7, 11) is 0. The van der Waals surface area contributed by atoms with E-state index in [4.69, 9.17) is 0 Å². The Morgan fingerprint density at radius 3 is 2.67 bits per heavy atom. The SMILES string of the molecule is Cc1ccc(C(=O)NCC(O)c2ccccc2C)c(Br)n1. The third-order valence-electron chi connectivity index (χ3n) is 3.24. The lowest BCUT2D eigenvalue weighted by atomic mass is 10.0. The number of aromatic nitrogens is 1. The summed E-state index contributed by atoms with van der Waals surface area (Å²) >= 11 is 3.28. The number of amides is 1. The molecule has 1 aromatic carbocycles. The number of benzene rings is 1. The maximum absolute atomic E-state index is 12.1. The van der Waals surface area contributed by atoms with Gasteiger partial charge in [0.25, 0.3) is 5.91 Å². The van der Waals surface area contributed by atoms with Gasteiger partial charge >= 0.3 is 0 Å². The summed E-state index contributed by atoms with van der Waals surface area (Å²) < 4.78 is 0.505. The molecule has 1 aromatic heterocycles. The van der Waals surface area contributed by atoms with Crippen molar-refractivity contribution in [3.63, 3.8) is 0 Å². The molecular formula is C16H17BrN2O2.